The van der Waals surface area contributed by atoms with Gasteiger partial charge < -0.3 is 19.1 Å². The molecule has 0 bridgehead atoms. The largest absolute Gasteiger partial charge is 0.456 e. The molecule has 2 unspecified atom stereocenters. The van der Waals surface area contributed by atoms with E-state index in [1.807, 2.05) is 0 Å². The fourth-order valence-corrected chi connectivity index (χ4v) is 14.1. The van der Waals surface area contributed by atoms with Crippen molar-refractivity contribution in [3.63, 3.8) is 0 Å². The monoisotopic (exact) mass is 988 g/mol. The maximum Gasteiger partial charge on any atom is 0.252 e. The summed E-state index contributed by atoms with van der Waals surface area (Å²) in [5.41, 5.74) is 25.7. The van der Waals surface area contributed by atoms with Crippen molar-refractivity contribution in [2.45, 2.75) is 110 Å². The van der Waals surface area contributed by atoms with Gasteiger partial charge in [-0.3, -0.25) is 0 Å². The van der Waals surface area contributed by atoms with E-state index < -0.39 is 0 Å². The molecule has 10 aromatic rings. The van der Waals surface area contributed by atoms with Crippen LogP contribution in [0.5, 0.6) is 0 Å². The summed E-state index contributed by atoms with van der Waals surface area (Å²) in [4.78, 5) is 7.96. The second-order valence-corrected chi connectivity index (χ2v) is 25.0. The predicted molar refractivity (Wildman–Crippen MR) is 324 cm³/mol. The van der Waals surface area contributed by atoms with Gasteiger partial charge in [0.2, 0.25) is 0 Å². The first-order valence-electron chi connectivity index (χ1n) is 27.7. The van der Waals surface area contributed by atoms with Gasteiger partial charge in [0.25, 0.3) is 6.71 Å². The van der Waals surface area contributed by atoms with Crippen molar-refractivity contribution >= 4 is 90.5 Å². The fourth-order valence-electron chi connectivity index (χ4n) is 14.1. The quantitative estimate of drug-likeness (QED) is 0.155. The van der Waals surface area contributed by atoms with E-state index in [-0.39, 0.29) is 28.5 Å². The summed E-state index contributed by atoms with van der Waals surface area (Å²) in [5, 5.41) is 2.25. The number of hydrogen-bond donors (Lipinski definition) is 0. The third-order valence-electron chi connectivity index (χ3n) is 18.3. The number of benzene rings is 9. The van der Waals surface area contributed by atoms with Crippen LogP contribution in [0, 0.1) is 6.92 Å². The maximum atomic E-state index is 6.64. The van der Waals surface area contributed by atoms with E-state index in [1.165, 1.54) is 109 Å². The van der Waals surface area contributed by atoms with E-state index >= 15 is 0 Å². The molecule has 4 heterocycles. The molecule has 0 N–H and O–H groups in total. The summed E-state index contributed by atoms with van der Waals surface area (Å²) in [6.45, 7) is 21.4. The van der Waals surface area contributed by atoms with Gasteiger partial charge in [-0.05, 0) is 166 Å². The molecular formula is C71H66BN3O. The summed E-state index contributed by atoms with van der Waals surface area (Å²) in [7, 11) is 0. The number of rotatable bonds is 6. The van der Waals surface area contributed by atoms with E-state index in [0.29, 0.717) is 0 Å². The van der Waals surface area contributed by atoms with Crippen LogP contribution in [-0.2, 0) is 16.2 Å². The maximum absolute atomic E-state index is 6.64. The molecule has 4 aliphatic rings. The Bertz CT molecular complexity index is 3970. The van der Waals surface area contributed by atoms with E-state index in [1.54, 1.807) is 0 Å². The van der Waals surface area contributed by atoms with Gasteiger partial charge in [0, 0.05) is 67.6 Å². The fraction of sp³-hybridized carbons (Fsp3) is 0.239. The topological polar surface area (TPSA) is 22.9 Å². The molecule has 2 atom stereocenters. The highest BCUT2D eigenvalue weighted by Gasteiger charge is 2.61. The number of para-hydroxylation sites is 1. The number of anilines is 8. The van der Waals surface area contributed by atoms with Gasteiger partial charge in [-0.2, -0.15) is 0 Å². The van der Waals surface area contributed by atoms with Crippen molar-refractivity contribution in [2.75, 3.05) is 14.7 Å². The lowest BCUT2D eigenvalue weighted by Crippen LogP contribution is -2.64. The minimum Gasteiger partial charge on any atom is -0.456 e. The van der Waals surface area contributed by atoms with Crippen LogP contribution in [0.1, 0.15) is 103 Å². The van der Waals surface area contributed by atoms with E-state index in [9.17, 15) is 0 Å². The van der Waals surface area contributed by atoms with Crippen molar-refractivity contribution < 1.29 is 4.42 Å². The Morgan fingerprint density at radius 1 is 0.500 bits per heavy atom. The molecule has 0 amide bonds. The standard InChI is InChI=1S/C71H66BN3O/c1-45-38-62-66-63(39-45)75-67-57(70(8)36-18-19-37-71(70,75)9)40-48(46-20-12-10-13-21-46)41-59(67)72(66)58-34-32-52(43-61(58)74(62)60-35-28-50(69(5,6)7)42-56(60)47-22-14-11-15-23-47)73(51-29-26-49(27-30-51)68(2,3)4)53-31-33-55-54-24-16-17-25-64(54)76-65(55)44-53/h10-17,20-35,38-44H,18-19,36-37H2,1-9H3. The van der Waals surface area contributed by atoms with Gasteiger partial charge in [0.15, 0.2) is 0 Å². The lowest BCUT2D eigenvalue weighted by molar-refractivity contribution is 0.195. The Morgan fingerprint density at radius 2 is 1.13 bits per heavy atom. The molecule has 1 saturated carbocycles. The normalized spacial score (nSPS) is 18.4. The first-order valence-corrected chi connectivity index (χ1v) is 27.7. The molecule has 1 aromatic heterocycles. The molecule has 0 saturated heterocycles. The molecule has 14 rings (SSSR count). The summed E-state index contributed by atoms with van der Waals surface area (Å²) in [6, 6.07) is 71.4. The smallest absolute Gasteiger partial charge is 0.252 e. The molecule has 0 spiro atoms. The Balaban J connectivity index is 1.08. The molecule has 5 heteroatoms. The number of hydrogen-bond acceptors (Lipinski definition) is 4. The Labute approximate surface area is 449 Å². The second kappa shape index (κ2) is 16.6. The van der Waals surface area contributed by atoms with Gasteiger partial charge in [-0.1, -0.05) is 171 Å². The predicted octanol–water partition coefficient (Wildman–Crippen LogP) is 17.6. The van der Waals surface area contributed by atoms with Crippen molar-refractivity contribution in [3.8, 4) is 22.3 Å². The van der Waals surface area contributed by atoms with Crippen LogP contribution in [0.3, 0.4) is 0 Å². The number of furan rings is 1. The first kappa shape index (κ1) is 46.8. The molecule has 9 aromatic carbocycles. The number of nitrogens with zero attached hydrogens (tertiary/aromatic N) is 3. The summed E-state index contributed by atoms with van der Waals surface area (Å²) in [6.07, 6.45) is 4.78. The molecule has 0 radical (unpaired) electrons. The summed E-state index contributed by atoms with van der Waals surface area (Å²) < 4.78 is 6.64. The summed E-state index contributed by atoms with van der Waals surface area (Å²) in [5.74, 6) is 0. The van der Waals surface area contributed by atoms with Crippen LogP contribution in [-0.4, -0.2) is 12.3 Å². The minimum absolute atomic E-state index is 0.00638. The van der Waals surface area contributed by atoms with Crippen molar-refractivity contribution in [1.82, 2.24) is 0 Å². The first-order chi connectivity index (χ1) is 36.6. The van der Waals surface area contributed by atoms with Gasteiger partial charge in [0.05, 0.1) is 11.2 Å². The highest BCUT2D eigenvalue weighted by Crippen LogP contribution is 2.62. The van der Waals surface area contributed by atoms with E-state index in [4.69, 9.17) is 4.42 Å². The molecule has 4 nitrogen and oxygen atoms in total. The van der Waals surface area contributed by atoms with Crippen LogP contribution >= 0.6 is 0 Å². The zero-order valence-corrected chi connectivity index (χ0v) is 45.6. The van der Waals surface area contributed by atoms with Gasteiger partial charge in [0.1, 0.15) is 11.2 Å². The average molecular weight is 988 g/mol. The zero-order valence-electron chi connectivity index (χ0n) is 45.6. The third kappa shape index (κ3) is 6.89. The molecule has 1 aliphatic carbocycles. The van der Waals surface area contributed by atoms with Crippen molar-refractivity contribution in [2.24, 2.45) is 0 Å². The summed E-state index contributed by atoms with van der Waals surface area (Å²) >= 11 is 0. The van der Waals surface area contributed by atoms with E-state index in [0.717, 1.165) is 45.4 Å². The van der Waals surface area contributed by atoms with Crippen LogP contribution in [0.25, 0.3) is 44.2 Å². The van der Waals surface area contributed by atoms with Crippen LogP contribution in [0.4, 0.5) is 45.5 Å². The average Bonchev–Trinajstić information content (AvgIpc) is 3.73. The molecule has 76 heavy (non-hydrogen) atoms. The van der Waals surface area contributed by atoms with Crippen LogP contribution in [0.15, 0.2) is 192 Å². The van der Waals surface area contributed by atoms with E-state index in [2.05, 4.69) is 265 Å². The number of fused-ring (bicyclic) bond motifs is 10. The molecular weight excluding hydrogens is 922 g/mol. The third-order valence-corrected chi connectivity index (χ3v) is 18.3. The lowest BCUT2D eigenvalue weighted by atomic mass is 9.33. The SMILES string of the molecule is Cc1cc2c3c(c1)N1c4c(cc(-c5ccccc5)cc4C4(C)CCCCC14C)B3c1ccc(N(c3ccc(C(C)(C)C)cc3)c3ccc4c(c3)oc3ccccc34)cc1N2c1ccc(C(C)(C)C)cc1-c1ccccc1. The van der Waals surface area contributed by atoms with Crippen LogP contribution in [0.2, 0.25) is 0 Å². The molecule has 1 fully saturated rings. The molecule has 374 valence electrons. The Hall–Kier alpha value is -7.76. The molecule has 3 aliphatic heterocycles. The van der Waals surface area contributed by atoms with Crippen LogP contribution < -0.4 is 31.1 Å². The van der Waals surface area contributed by atoms with Crippen molar-refractivity contribution in [1.29, 1.82) is 0 Å². The highest BCUT2D eigenvalue weighted by molar-refractivity contribution is 7.00. The number of aryl methyl sites for hydroxylation is 1. The van der Waals surface area contributed by atoms with Gasteiger partial charge in [-0.15, -0.1) is 0 Å². The minimum atomic E-state index is -0.104. The highest BCUT2D eigenvalue weighted by atomic mass is 16.3. The zero-order chi connectivity index (χ0) is 52.0. The Morgan fingerprint density at radius 3 is 1.88 bits per heavy atom. The van der Waals surface area contributed by atoms with Gasteiger partial charge in [-0.25, -0.2) is 0 Å². The Kier molecular flexibility index (Phi) is 10.2. The lowest BCUT2D eigenvalue weighted by Gasteiger charge is -2.53. The second-order valence-electron chi connectivity index (χ2n) is 25.0. The van der Waals surface area contributed by atoms with Crippen molar-refractivity contribution in [3.05, 3.63) is 210 Å². The van der Waals surface area contributed by atoms with Gasteiger partial charge >= 0.3 is 0 Å².